The SMILES string of the molecule is COC(=O)c1cc(CC(C)(C)C(=O)O)cc(C)c1C. The number of esters is 1. The van der Waals surface area contributed by atoms with Gasteiger partial charge in [-0.3, -0.25) is 4.79 Å². The lowest BCUT2D eigenvalue weighted by atomic mass is 9.84. The highest BCUT2D eigenvalue weighted by atomic mass is 16.5. The van der Waals surface area contributed by atoms with Crippen LogP contribution in [0.25, 0.3) is 0 Å². The van der Waals surface area contributed by atoms with Crippen LogP contribution >= 0.6 is 0 Å². The lowest BCUT2D eigenvalue weighted by Gasteiger charge is -2.20. The summed E-state index contributed by atoms with van der Waals surface area (Å²) in [6.45, 7) is 7.09. The summed E-state index contributed by atoms with van der Waals surface area (Å²) in [7, 11) is 1.34. The molecule has 0 atom stereocenters. The van der Waals surface area contributed by atoms with Gasteiger partial charge >= 0.3 is 11.9 Å². The summed E-state index contributed by atoms with van der Waals surface area (Å²) in [5, 5.41) is 9.16. The molecule has 1 rings (SSSR count). The van der Waals surface area contributed by atoms with Crippen LogP contribution in [0.15, 0.2) is 12.1 Å². The number of aryl methyl sites for hydroxylation is 1. The number of carbonyl (C=O) groups excluding carboxylic acids is 1. The predicted molar refractivity (Wildman–Crippen MR) is 72.4 cm³/mol. The first kappa shape index (κ1) is 15.2. The summed E-state index contributed by atoms with van der Waals surface area (Å²) in [5.41, 5.74) is 2.28. The molecule has 4 nitrogen and oxygen atoms in total. The zero-order chi connectivity index (χ0) is 14.8. The van der Waals surface area contributed by atoms with Crippen molar-refractivity contribution in [3.63, 3.8) is 0 Å². The summed E-state index contributed by atoms with van der Waals surface area (Å²) in [4.78, 5) is 22.9. The van der Waals surface area contributed by atoms with E-state index in [1.165, 1.54) is 7.11 Å². The normalized spacial score (nSPS) is 11.2. The lowest BCUT2D eigenvalue weighted by Crippen LogP contribution is -2.26. The molecule has 0 aliphatic carbocycles. The molecule has 0 saturated carbocycles. The van der Waals surface area contributed by atoms with E-state index in [1.54, 1.807) is 19.9 Å². The molecule has 0 saturated heterocycles. The van der Waals surface area contributed by atoms with Gasteiger partial charge in [-0.05, 0) is 56.9 Å². The Kier molecular flexibility index (Phi) is 4.35. The molecule has 0 aliphatic rings. The second-order valence-corrected chi connectivity index (χ2v) is 5.44. The number of aliphatic carboxylic acids is 1. The van der Waals surface area contributed by atoms with Crippen LogP contribution in [0.3, 0.4) is 0 Å². The van der Waals surface area contributed by atoms with E-state index < -0.39 is 17.4 Å². The van der Waals surface area contributed by atoms with E-state index in [1.807, 2.05) is 19.9 Å². The molecule has 0 unspecified atom stereocenters. The number of methoxy groups -OCH3 is 1. The van der Waals surface area contributed by atoms with Crippen molar-refractivity contribution < 1.29 is 19.4 Å². The van der Waals surface area contributed by atoms with Gasteiger partial charge in [0, 0.05) is 0 Å². The average Bonchev–Trinajstić information content (AvgIpc) is 2.31. The van der Waals surface area contributed by atoms with Gasteiger partial charge in [-0.15, -0.1) is 0 Å². The van der Waals surface area contributed by atoms with Crippen molar-refractivity contribution in [1.29, 1.82) is 0 Å². The summed E-state index contributed by atoms with van der Waals surface area (Å²) in [5.74, 6) is -1.25. The van der Waals surface area contributed by atoms with Crippen molar-refractivity contribution in [1.82, 2.24) is 0 Å². The molecule has 0 aromatic heterocycles. The number of hydrogen-bond acceptors (Lipinski definition) is 3. The fourth-order valence-electron chi connectivity index (χ4n) is 1.94. The van der Waals surface area contributed by atoms with Crippen LogP contribution in [0.5, 0.6) is 0 Å². The number of carbonyl (C=O) groups is 2. The van der Waals surface area contributed by atoms with Crippen molar-refractivity contribution >= 4 is 11.9 Å². The molecular formula is C15H20O4. The van der Waals surface area contributed by atoms with E-state index in [2.05, 4.69) is 0 Å². The number of carboxylic acids is 1. The molecule has 1 N–H and O–H groups in total. The largest absolute Gasteiger partial charge is 0.481 e. The smallest absolute Gasteiger partial charge is 0.338 e. The quantitative estimate of drug-likeness (QED) is 0.849. The highest BCUT2D eigenvalue weighted by molar-refractivity contribution is 5.91. The van der Waals surface area contributed by atoms with Gasteiger partial charge in [0.2, 0.25) is 0 Å². The van der Waals surface area contributed by atoms with Crippen LogP contribution < -0.4 is 0 Å². The Morgan fingerprint density at radius 2 is 1.84 bits per heavy atom. The maximum Gasteiger partial charge on any atom is 0.338 e. The van der Waals surface area contributed by atoms with Gasteiger partial charge < -0.3 is 9.84 Å². The molecule has 19 heavy (non-hydrogen) atoms. The molecule has 1 aromatic rings. The number of ether oxygens (including phenoxy) is 1. The molecule has 4 heteroatoms. The fraction of sp³-hybridized carbons (Fsp3) is 0.467. The Balaban J connectivity index is 3.21. The second kappa shape index (κ2) is 5.43. The number of rotatable bonds is 4. The molecule has 104 valence electrons. The van der Waals surface area contributed by atoms with Gasteiger partial charge in [0.15, 0.2) is 0 Å². The molecule has 0 radical (unpaired) electrons. The first-order valence-electron chi connectivity index (χ1n) is 6.11. The van der Waals surface area contributed by atoms with Crippen molar-refractivity contribution in [2.24, 2.45) is 5.41 Å². The molecule has 0 aliphatic heterocycles. The summed E-state index contributed by atoms with van der Waals surface area (Å²) < 4.78 is 4.75. The Bertz CT molecular complexity index is 515. The van der Waals surface area contributed by atoms with Crippen molar-refractivity contribution in [3.05, 3.63) is 34.4 Å². The van der Waals surface area contributed by atoms with E-state index in [9.17, 15) is 9.59 Å². The Labute approximate surface area is 113 Å². The first-order chi connectivity index (χ1) is 8.69. The van der Waals surface area contributed by atoms with E-state index in [0.717, 1.165) is 16.7 Å². The fourth-order valence-corrected chi connectivity index (χ4v) is 1.94. The molecule has 0 heterocycles. The lowest BCUT2D eigenvalue weighted by molar-refractivity contribution is -0.146. The molecule has 0 fully saturated rings. The average molecular weight is 264 g/mol. The van der Waals surface area contributed by atoms with E-state index in [-0.39, 0.29) is 0 Å². The predicted octanol–water partition coefficient (Wildman–Crippen LogP) is 2.74. The summed E-state index contributed by atoms with van der Waals surface area (Å²) in [6, 6.07) is 3.64. The third kappa shape index (κ3) is 3.34. The third-order valence-corrected chi connectivity index (χ3v) is 3.36. The minimum atomic E-state index is -0.866. The molecule has 0 spiro atoms. The zero-order valence-electron chi connectivity index (χ0n) is 12.0. The minimum Gasteiger partial charge on any atom is -0.481 e. The summed E-state index contributed by atoms with van der Waals surface area (Å²) >= 11 is 0. The van der Waals surface area contributed by atoms with Crippen LogP contribution in [0, 0.1) is 19.3 Å². The number of benzene rings is 1. The van der Waals surface area contributed by atoms with Gasteiger partial charge in [-0.2, -0.15) is 0 Å². The van der Waals surface area contributed by atoms with Crippen LogP contribution in [0.2, 0.25) is 0 Å². The second-order valence-electron chi connectivity index (χ2n) is 5.44. The van der Waals surface area contributed by atoms with Gasteiger partial charge in [-0.25, -0.2) is 4.79 Å². The molecular weight excluding hydrogens is 244 g/mol. The maximum atomic E-state index is 11.7. The maximum absolute atomic E-state index is 11.7. The number of carboxylic acid groups (broad SMARTS) is 1. The Hall–Kier alpha value is -1.84. The van der Waals surface area contributed by atoms with E-state index >= 15 is 0 Å². The van der Waals surface area contributed by atoms with Gasteiger partial charge in [0.05, 0.1) is 18.1 Å². The van der Waals surface area contributed by atoms with Crippen LogP contribution in [0.4, 0.5) is 0 Å². The molecule has 0 bridgehead atoms. The van der Waals surface area contributed by atoms with E-state index in [0.29, 0.717) is 12.0 Å². The third-order valence-electron chi connectivity index (χ3n) is 3.36. The van der Waals surface area contributed by atoms with Crippen LogP contribution in [-0.4, -0.2) is 24.2 Å². The van der Waals surface area contributed by atoms with Crippen LogP contribution in [0.1, 0.15) is 40.9 Å². The Morgan fingerprint density at radius 3 is 2.32 bits per heavy atom. The number of hydrogen-bond donors (Lipinski definition) is 1. The zero-order valence-corrected chi connectivity index (χ0v) is 12.0. The monoisotopic (exact) mass is 264 g/mol. The van der Waals surface area contributed by atoms with Crippen LogP contribution in [-0.2, 0) is 16.0 Å². The molecule has 0 amide bonds. The summed E-state index contributed by atoms with van der Waals surface area (Å²) in [6.07, 6.45) is 0.368. The molecule has 1 aromatic carbocycles. The van der Waals surface area contributed by atoms with E-state index in [4.69, 9.17) is 9.84 Å². The Morgan fingerprint density at radius 1 is 1.26 bits per heavy atom. The van der Waals surface area contributed by atoms with Crippen molar-refractivity contribution in [3.8, 4) is 0 Å². The highest BCUT2D eigenvalue weighted by Gasteiger charge is 2.28. The minimum absolute atomic E-state index is 0.368. The first-order valence-corrected chi connectivity index (χ1v) is 6.11. The van der Waals surface area contributed by atoms with Crippen molar-refractivity contribution in [2.75, 3.05) is 7.11 Å². The van der Waals surface area contributed by atoms with Crippen molar-refractivity contribution in [2.45, 2.75) is 34.1 Å². The van der Waals surface area contributed by atoms with Gasteiger partial charge in [0.1, 0.15) is 0 Å². The van der Waals surface area contributed by atoms with Gasteiger partial charge in [0.25, 0.3) is 0 Å². The topological polar surface area (TPSA) is 63.6 Å². The van der Waals surface area contributed by atoms with Gasteiger partial charge in [-0.1, -0.05) is 6.07 Å². The highest BCUT2D eigenvalue weighted by Crippen LogP contribution is 2.25. The standard InChI is InChI=1S/C15H20O4/c1-9-6-11(8-15(3,4)14(17)18)7-12(10(9)2)13(16)19-5/h6-7H,8H2,1-5H3,(H,17,18).